The lowest BCUT2D eigenvalue weighted by Crippen LogP contribution is -2.16. The van der Waals surface area contributed by atoms with Crippen LogP contribution in [0.4, 0.5) is 11.4 Å². The summed E-state index contributed by atoms with van der Waals surface area (Å²) in [5.41, 5.74) is 8.11. The standard InChI is InChI=1S/C14H15BrN2O2S/c1-9-4-3-5-12(16)14(9)17-20(18,19)13-7-6-11(15)8-10(13)2/h3-8,17H,16H2,1-2H3. The van der Waals surface area contributed by atoms with E-state index in [2.05, 4.69) is 20.7 Å². The van der Waals surface area contributed by atoms with E-state index in [9.17, 15) is 8.42 Å². The van der Waals surface area contributed by atoms with Crippen LogP contribution < -0.4 is 10.5 Å². The van der Waals surface area contributed by atoms with Gasteiger partial charge in [-0.1, -0.05) is 28.1 Å². The van der Waals surface area contributed by atoms with Crippen LogP contribution in [0.1, 0.15) is 11.1 Å². The van der Waals surface area contributed by atoms with Crippen molar-refractivity contribution in [3.05, 3.63) is 52.0 Å². The second kappa shape index (κ2) is 5.46. The molecule has 0 heterocycles. The summed E-state index contributed by atoms with van der Waals surface area (Å²) in [7, 11) is -3.66. The normalized spacial score (nSPS) is 11.3. The maximum atomic E-state index is 12.5. The average Bonchev–Trinajstić information content (AvgIpc) is 2.33. The Kier molecular flexibility index (Phi) is 4.06. The van der Waals surface area contributed by atoms with E-state index in [1.807, 2.05) is 13.0 Å². The Morgan fingerprint density at radius 2 is 1.80 bits per heavy atom. The van der Waals surface area contributed by atoms with E-state index in [4.69, 9.17) is 5.73 Å². The van der Waals surface area contributed by atoms with E-state index >= 15 is 0 Å². The Labute approximate surface area is 127 Å². The fourth-order valence-electron chi connectivity index (χ4n) is 1.93. The number of nitrogens with one attached hydrogen (secondary N) is 1. The first-order valence-corrected chi connectivity index (χ1v) is 8.23. The van der Waals surface area contributed by atoms with Gasteiger partial charge >= 0.3 is 0 Å². The second-order valence-corrected chi connectivity index (χ2v) is 7.12. The van der Waals surface area contributed by atoms with E-state index in [1.54, 1.807) is 37.3 Å². The summed E-state index contributed by atoms with van der Waals surface area (Å²) in [4.78, 5) is 0.239. The van der Waals surface area contributed by atoms with Crippen LogP contribution in [0.3, 0.4) is 0 Å². The van der Waals surface area contributed by atoms with E-state index in [-0.39, 0.29) is 4.90 Å². The van der Waals surface area contributed by atoms with E-state index in [0.29, 0.717) is 16.9 Å². The molecule has 0 saturated heterocycles. The lowest BCUT2D eigenvalue weighted by molar-refractivity contribution is 0.600. The summed E-state index contributed by atoms with van der Waals surface area (Å²) >= 11 is 3.32. The van der Waals surface area contributed by atoms with Crippen LogP contribution in [0, 0.1) is 13.8 Å². The fourth-order valence-corrected chi connectivity index (χ4v) is 3.80. The Hall–Kier alpha value is -1.53. The van der Waals surface area contributed by atoms with E-state index in [1.165, 1.54) is 0 Å². The molecule has 0 radical (unpaired) electrons. The van der Waals surface area contributed by atoms with Crippen molar-refractivity contribution in [2.75, 3.05) is 10.5 Å². The van der Waals surface area contributed by atoms with Crippen molar-refractivity contribution >= 4 is 37.3 Å². The number of anilines is 2. The minimum atomic E-state index is -3.66. The highest BCUT2D eigenvalue weighted by Crippen LogP contribution is 2.27. The van der Waals surface area contributed by atoms with Crippen LogP contribution in [-0.2, 0) is 10.0 Å². The van der Waals surface area contributed by atoms with Crippen molar-refractivity contribution in [3.8, 4) is 0 Å². The van der Waals surface area contributed by atoms with Crippen molar-refractivity contribution in [1.82, 2.24) is 0 Å². The molecule has 2 rings (SSSR count). The minimum absolute atomic E-state index is 0.239. The number of halogens is 1. The summed E-state index contributed by atoms with van der Waals surface area (Å²) in [6, 6.07) is 10.3. The molecule has 0 bridgehead atoms. The number of aryl methyl sites for hydroxylation is 2. The van der Waals surface area contributed by atoms with Crippen molar-refractivity contribution in [3.63, 3.8) is 0 Å². The third-order valence-corrected chi connectivity index (χ3v) is 4.97. The summed E-state index contributed by atoms with van der Waals surface area (Å²) in [5.74, 6) is 0. The van der Waals surface area contributed by atoms with Crippen LogP contribution in [0.5, 0.6) is 0 Å². The number of nitrogen functional groups attached to an aromatic ring is 1. The number of benzene rings is 2. The summed E-state index contributed by atoms with van der Waals surface area (Å²) < 4.78 is 28.3. The Balaban J connectivity index is 2.46. The van der Waals surface area contributed by atoms with Crippen molar-refractivity contribution in [2.45, 2.75) is 18.7 Å². The minimum Gasteiger partial charge on any atom is -0.397 e. The predicted molar refractivity (Wildman–Crippen MR) is 85.3 cm³/mol. The molecule has 0 aromatic heterocycles. The van der Waals surface area contributed by atoms with Crippen molar-refractivity contribution in [2.24, 2.45) is 0 Å². The zero-order valence-electron chi connectivity index (χ0n) is 11.1. The van der Waals surface area contributed by atoms with E-state index < -0.39 is 10.0 Å². The van der Waals surface area contributed by atoms with Gasteiger partial charge in [-0.05, 0) is 49.2 Å². The molecule has 0 aliphatic rings. The molecule has 2 aromatic carbocycles. The van der Waals surface area contributed by atoms with Crippen molar-refractivity contribution < 1.29 is 8.42 Å². The monoisotopic (exact) mass is 354 g/mol. The molecule has 6 heteroatoms. The third-order valence-electron chi connectivity index (χ3n) is 2.97. The lowest BCUT2D eigenvalue weighted by Gasteiger charge is -2.14. The Bertz CT molecular complexity index is 738. The van der Waals surface area contributed by atoms with Gasteiger partial charge < -0.3 is 5.73 Å². The Morgan fingerprint density at radius 3 is 2.40 bits per heavy atom. The maximum absolute atomic E-state index is 12.5. The van der Waals surface area contributed by atoms with Gasteiger partial charge in [-0.25, -0.2) is 8.42 Å². The molecular formula is C14H15BrN2O2S. The van der Waals surface area contributed by atoms with Gasteiger partial charge in [0.15, 0.2) is 0 Å². The van der Waals surface area contributed by atoms with Crippen LogP contribution in [0.2, 0.25) is 0 Å². The first kappa shape index (κ1) is 14.9. The maximum Gasteiger partial charge on any atom is 0.262 e. The summed E-state index contributed by atoms with van der Waals surface area (Å²) in [6.45, 7) is 3.56. The highest BCUT2D eigenvalue weighted by Gasteiger charge is 2.19. The third kappa shape index (κ3) is 2.96. The molecule has 0 unspecified atom stereocenters. The second-order valence-electron chi connectivity index (χ2n) is 4.55. The number of rotatable bonds is 3. The number of hydrogen-bond donors (Lipinski definition) is 2. The molecule has 0 amide bonds. The summed E-state index contributed by atoms with van der Waals surface area (Å²) in [5, 5.41) is 0. The van der Waals surface area contributed by atoms with E-state index in [0.717, 1.165) is 10.0 Å². The zero-order valence-corrected chi connectivity index (χ0v) is 13.5. The molecule has 3 N–H and O–H groups in total. The molecule has 0 fully saturated rings. The van der Waals surface area contributed by atoms with Crippen LogP contribution in [0.15, 0.2) is 45.8 Å². The first-order valence-electron chi connectivity index (χ1n) is 5.95. The average molecular weight is 355 g/mol. The lowest BCUT2D eigenvalue weighted by atomic mass is 10.2. The van der Waals surface area contributed by atoms with Gasteiger partial charge in [-0.15, -0.1) is 0 Å². The van der Waals surface area contributed by atoms with Gasteiger partial charge in [-0.3, -0.25) is 4.72 Å². The van der Waals surface area contributed by atoms with Gasteiger partial charge in [0, 0.05) is 4.47 Å². The number of nitrogens with two attached hydrogens (primary N) is 1. The molecular weight excluding hydrogens is 340 g/mol. The van der Waals surface area contributed by atoms with Gasteiger partial charge in [0.05, 0.1) is 16.3 Å². The molecule has 4 nitrogen and oxygen atoms in total. The molecule has 0 aliphatic carbocycles. The topological polar surface area (TPSA) is 72.2 Å². The van der Waals surface area contributed by atoms with Crippen molar-refractivity contribution in [1.29, 1.82) is 0 Å². The first-order chi connectivity index (χ1) is 9.31. The van der Waals surface area contributed by atoms with Crippen LogP contribution in [-0.4, -0.2) is 8.42 Å². The van der Waals surface area contributed by atoms with Gasteiger partial charge in [0.1, 0.15) is 0 Å². The van der Waals surface area contributed by atoms with Gasteiger partial charge in [-0.2, -0.15) is 0 Å². The highest BCUT2D eigenvalue weighted by molar-refractivity contribution is 9.10. The van der Waals surface area contributed by atoms with Gasteiger partial charge in [0.25, 0.3) is 10.0 Å². The smallest absolute Gasteiger partial charge is 0.262 e. The van der Waals surface area contributed by atoms with Gasteiger partial charge in [0.2, 0.25) is 0 Å². The molecule has 0 atom stereocenters. The largest absolute Gasteiger partial charge is 0.397 e. The quantitative estimate of drug-likeness (QED) is 0.829. The predicted octanol–water partition coefficient (Wildman–Crippen LogP) is 3.45. The molecule has 2 aromatic rings. The fraction of sp³-hybridized carbons (Fsp3) is 0.143. The zero-order chi connectivity index (χ0) is 14.9. The number of para-hydroxylation sites is 1. The molecule has 0 saturated carbocycles. The van der Waals surface area contributed by atoms with Crippen LogP contribution in [0.25, 0.3) is 0 Å². The number of hydrogen-bond acceptors (Lipinski definition) is 3. The number of sulfonamides is 1. The SMILES string of the molecule is Cc1cc(Br)ccc1S(=O)(=O)Nc1c(C)cccc1N. The molecule has 20 heavy (non-hydrogen) atoms. The summed E-state index contributed by atoms with van der Waals surface area (Å²) in [6.07, 6.45) is 0. The molecule has 0 aliphatic heterocycles. The highest BCUT2D eigenvalue weighted by atomic mass is 79.9. The van der Waals surface area contributed by atoms with Crippen LogP contribution >= 0.6 is 15.9 Å². The molecule has 0 spiro atoms. The Morgan fingerprint density at radius 1 is 1.10 bits per heavy atom. The molecule has 106 valence electrons.